The first-order valence-corrected chi connectivity index (χ1v) is 6.94. The van der Waals surface area contributed by atoms with Crippen LogP contribution in [0.5, 0.6) is 0 Å². The molecule has 0 aromatic carbocycles. The summed E-state index contributed by atoms with van der Waals surface area (Å²) in [5.41, 5.74) is 1.38. The number of hydrogen-bond donors (Lipinski definition) is 1. The Morgan fingerprint density at radius 2 is 2.20 bits per heavy atom. The number of pyridine rings is 1. The van der Waals surface area contributed by atoms with Gasteiger partial charge in [0.25, 0.3) is 5.56 Å². The summed E-state index contributed by atoms with van der Waals surface area (Å²) < 4.78 is 1.54. The molecule has 0 saturated heterocycles. The Bertz CT molecular complexity index is 622. The van der Waals surface area contributed by atoms with E-state index in [0.717, 1.165) is 18.7 Å². The van der Waals surface area contributed by atoms with Gasteiger partial charge in [0.15, 0.2) is 0 Å². The summed E-state index contributed by atoms with van der Waals surface area (Å²) in [5.74, 6) is 0. The van der Waals surface area contributed by atoms with Crippen LogP contribution in [0.4, 0.5) is 0 Å². The molecule has 0 aliphatic rings. The van der Waals surface area contributed by atoms with Crippen molar-refractivity contribution in [1.29, 1.82) is 0 Å². The van der Waals surface area contributed by atoms with Crippen molar-refractivity contribution in [2.24, 2.45) is 0 Å². The number of hydrogen-bond acceptors (Lipinski definition) is 4. The van der Waals surface area contributed by atoms with Crippen LogP contribution in [0.25, 0.3) is 5.65 Å². The maximum Gasteiger partial charge on any atom is 0.258 e. The highest BCUT2D eigenvalue weighted by atomic mass is 16.3. The minimum Gasteiger partial charge on any atom is -0.396 e. The fourth-order valence-corrected chi connectivity index (χ4v) is 2.19. The molecule has 0 fully saturated rings. The van der Waals surface area contributed by atoms with Crippen molar-refractivity contribution in [2.45, 2.75) is 32.9 Å². The summed E-state index contributed by atoms with van der Waals surface area (Å²) in [6.07, 6.45) is 2.45. The van der Waals surface area contributed by atoms with Gasteiger partial charge in [-0.25, -0.2) is 4.98 Å². The van der Waals surface area contributed by atoms with Gasteiger partial charge in [-0.05, 0) is 32.4 Å². The average Bonchev–Trinajstić information content (AvgIpc) is 2.43. The fourth-order valence-electron chi connectivity index (χ4n) is 2.19. The van der Waals surface area contributed by atoms with Gasteiger partial charge >= 0.3 is 0 Å². The molecule has 2 aromatic heterocycles. The summed E-state index contributed by atoms with van der Waals surface area (Å²) >= 11 is 0. The predicted molar refractivity (Wildman–Crippen MR) is 78.7 cm³/mol. The minimum absolute atomic E-state index is 0.0588. The molecule has 0 radical (unpaired) electrons. The van der Waals surface area contributed by atoms with Crippen LogP contribution in [-0.2, 0) is 6.54 Å². The third-order valence-electron chi connectivity index (χ3n) is 3.32. The molecule has 1 N–H and O–H groups in total. The standard InChI is InChI=1S/C15H21N3O2/c1-12(2)17(7-5-9-19)11-13-10-15(20)18-8-4-3-6-14(18)16-13/h3-4,6,8,10,12,19H,5,7,9,11H2,1-2H3. The molecule has 0 aliphatic carbocycles. The third kappa shape index (κ3) is 3.43. The van der Waals surface area contributed by atoms with Gasteiger partial charge in [0.05, 0.1) is 5.69 Å². The molecule has 0 aliphatic heterocycles. The van der Waals surface area contributed by atoms with Crippen LogP contribution in [0.1, 0.15) is 26.0 Å². The average molecular weight is 275 g/mol. The maximum atomic E-state index is 12.0. The van der Waals surface area contributed by atoms with Crippen LogP contribution >= 0.6 is 0 Å². The Kier molecular flexibility index (Phi) is 4.87. The fraction of sp³-hybridized carbons (Fsp3) is 0.467. The van der Waals surface area contributed by atoms with Gasteiger partial charge in [0.1, 0.15) is 5.65 Å². The lowest BCUT2D eigenvalue weighted by atomic mass is 10.2. The summed E-state index contributed by atoms with van der Waals surface area (Å²) in [4.78, 5) is 18.8. The summed E-state index contributed by atoms with van der Waals surface area (Å²) in [6.45, 7) is 5.80. The van der Waals surface area contributed by atoms with E-state index in [2.05, 4.69) is 23.7 Å². The molecule has 0 atom stereocenters. The highest BCUT2D eigenvalue weighted by Gasteiger charge is 2.11. The van der Waals surface area contributed by atoms with Gasteiger partial charge in [-0.1, -0.05) is 6.07 Å². The lowest BCUT2D eigenvalue weighted by molar-refractivity contribution is 0.183. The highest BCUT2D eigenvalue weighted by Crippen LogP contribution is 2.07. The van der Waals surface area contributed by atoms with Crippen molar-refractivity contribution >= 4 is 5.65 Å². The van der Waals surface area contributed by atoms with E-state index in [9.17, 15) is 4.79 Å². The Morgan fingerprint density at radius 1 is 1.40 bits per heavy atom. The molecule has 0 bridgehead atoms. The summed E-state index contributed by atoms with van der Waals surface area (Å²) in [5, 5.41) is 8.95. The second kappa shape index (κ2) is 6.63. The first-order chi connectivity index (χ1) is 9.61. The Balaban J connectivity index is 2.26. The SMILES string of the molecule is CC(C)N(CCCO)Cc1cc(=O)n2ccccc2n1. The van der Waals surface area contributed by atoms with E-state index in [0.29, 0.717) is 18.2 Å². The molecular formula is C15H21N3O2. The van der Waals surface area contributed by atoms with Gasteiger partial charge in [0.2, 0.25) is 0 Å². The molecule has 5 nitrogen and oxygen atoms in total. The van der Waals surface area contributed by atoms with E-state index in [1.807, 2.05) is 18.2 Å². The molecule has 0 saturated carbocycles. The number of aliphatic hydroxyl groups excluding tert-OH is 1. The van der Waals surface area contributed by atoms with Crippen LogP contribution in [0.2, 0.25) is 0 Å². The zero-order valence-electron chi connectivity index (χ0n) is 12.0. The van der Waals surface area contributed by atoms with Crippen LogP contribution in [0.15, 0.2) is 35.3 Å². The lowest BCUT2D eigenvalue weighted by Gasteiger charge is -2.25. The zero-order chi connectivity index (χ0) is 14.5. The van der Waals surface area contributed by atoms with Crippen LogP contribution in [0, 0.1) is 0 Å². The monoisotopic (exact) mass is 275 g/mol. The molecule has 5 heteroatoms. The number of aliphatic hydroxyl groups is 1. The van der Waals surface area contributed by atoms with Crippen LogP contribution in [-0.4, -0.2) is 38.6 Å². The van der Waals surface area contributed by atoms with Gasteiger partial charge < -0.3 is 5.11 Å². The van der Waals surface area contributed by atoms with Crippen molar-refractivity contribution in [1.82, 2.24) is 14.3 Å². The molecule has 2 heterocycles. The zero-order valence-corrected chi connectivity index (χ0v) is 12.0. The summed E-state index contributed by atoms with van der Waals surface area (Å²) in [6, 6.07) is 7.45. The lowest BCUT2D eigenvalue weighted by Crippen LogP contribution is -2.32. The van der Waals surface area contributed by atoms with Gasteiger partial charge in [-0.3, -0.25) is 14.1 Å². The van der Waals surface area contributed by atoms with Gasteiger partial charge in [-0.2, -0.15) is 0 Å². The van der Waals surface area contributed by atoms with E-state index < -0.39 is 0 Å². The molecular weight excluding hydrogens is 254 g/mol. The molecule has 0 spiro atoms. The third-order valence-corrected chi connectivity index (χ3v) is 3.32. The Hall–Kier alpha value is -1.72. The van der Waals surface area contributed by atoms with E-state index >= 15 is 0 Å². The topological polar surface area (TPSA) is 57.8 Å². The minimum atomic E-state index is -0.0588. The normalized spacial score (nSPS) is 11.7. The molecule has 2 rings (SSSR count). The first-order valence-electron chi connectivity index (χ1n) is 6.94. The van der Waals surface area contributed by atoms with E-state index in [1.165, 1.54) is 4.40 Å². The highest BCUT2D eigenvalue weighted by molar-refractivity contribution is 5.37. The molecule has 2 aromatic rings. The second-order valence-electron chi connectivity index (χ2n) is 5.16. The number of rotatable bonds is 6. The molecule has 108 valence electrons. The van der Waals surface area contributed by atoms with Crippen molar-refractivity contribution in [3.05, 3.63) is 46.5 Å². The molecule has 20 heavy (non-hydrogen) atoms. The number of fused-ring (bicyclic) bond motifs is 1. The number of nitrogens with zero attached hydrogens (tertiary/aromatic N) is 3. The van der Waals surface area contributed by atoms with Gasteiger partial charge in [0, 0.05) is 38.0 Å². The van der Waals surface area contributed by atoms with Gasteiger partial charge in [-0.15, -0.1) is 0 Å². The molecule has 0 amide bonds. The van der Waals surface area contributed by atoms with E-state index in [1.54, 1.807) is 12.3 Å². The smallest absolute Gasteiger partial charge is 0.258 e. The maximum absolute atomic E-state index is 12.0. The van der Waals surface area contributed by atoms with Crippen molar-refractivity contribution in [3.63, 3.8) is 0 Å². The summed E-state index contributed by atoms with van der Waals surface area (Å²) in [7, 11) is 0. The Morgan fingerprint density at radius 3 is 2.90 bits per heavy atom. The predicted octanol–water partition coefficient (Wildman–Crippen LogP) is 1.29. The van der Waals surface area contributed by atoms with Crippen LogP contribution < -0.4 is 5.56 Å². The van der Waals surface area contributed by atoms with Crippen LogP contribution in [0.3, 0.4) is 0 Å². The quantitative estimate of drug-likeness (QED) is 0.863. The van der Waals surface area contributed by atoms with Crippen molar-refractivity contribution < 1.29 is 5.11 Å². The Labute approximate surface area is 118 Å². The van der Waals surface area contributed by atoms with E-state index in [-0.39, 0.29) is 12.2 Å². The first kappa shape index (κ1) is 14.7. The second-order valence-corrected chi connectivity index (χ2v) is 5.16. The van der Waals surface area contributed by atoms with E-state index in [4.69, 9.17) is 5.11 Å². The largest absolute Gasteiger partial charge is 0.396 e. The van der Waals surface area contributed by atoms with Crippen molar-refractivity contribution in [3.8, 4) is 0 Å². The molecule has 0 unspecified atom stereocenters. The van der Waals surface area contributed by atoms with Crippen molar-refractivity contribution in [2.75, 3.05) is 13.2 Å². The number of aromatic nitrogens is 2.